The van der Waals surface area contributed by atoms with Gasteiger partial charge in [0, 0.05) is 19.6 Å². The quantitative estimate of drug-likeness (QED) is 0.491. The highest BCUT2D eigenvalue weighted by molar-refractivity contribution is 5.82. The Morgan fingerprint density at radius 2 is 2.11 bits per heavy atom. The van der Waals surface area contributed by atoms with Crippen LogP contribution < -0.4 is 5.32 Å². The lowest BCUT2D eigenvalue weighted by Crippen LogP contribution is -2.56. The third-order valence-electron chi connectivity index (χ3n) is 2.83. The van der Waals surface area contributed by atoms with Crippen molar-refractivity contribution >= 4 is 12.0 Å². The van der Waals surface area contributed by atoms with Crippen LogP contribution in [0.1, 0.15) is 13.3 Å². The molecule has 4 N–H and O–H groups in total. The van der Waals surface area contributed by atoms with E-state index in [-0.39, 0.29) is 32.3 Å². The monoisotopic (exact) mass is 276 g/mol. The molecular formula is C11H20N2O6. The number of carboxylic acids is 1. The summed E-state index contributed by atoms with van der Waals surface area (Å²) in [5.74, 6) is -1.19. The zero-order chi connectivity index (χ0) is 14.4. The zero-order valence-electron chi connectivity index (χ0n) is 10.8. The maximum atomic E-state index is 11.9. The number of carbonyl (C=O) groups is 2. The van der Waals surface area contributed by atoms with Crippen LogP contribution in [0.5, 0.6) is 0 Å². The minimum absolute atomic E-state index is 0.0512. The van der Waals surface area contributed by atoms with Crippen LogP contribution in [-0.2, 0) is 9.53 Å². The predicted octanol–water partition coefficient (Wildman–Crippen LogP) is -1.39. The first-order valence-corrected chi connectivity index (χ1v) is 6.13. The first kappa shape index (κ1) is 15.7. The van der Waals surface area contributed by atoms with Gasteiger partial charge < -0.3 is 30.3 Å². The number of urea groups is 1. The Kier molecular flexibility index (Phi) is 6.00. The molecule has 110 valence electrons. The van der Waals surface area contributed by atoms with E-state index in [1.165, 1.54) is 4.90 Å². The van der Waals surface area contributed by atoms with E-state index in [2.05, 4.69) is 5.32 Å². The van der Waals surface area contributed by atoms with Crippen molar-refractivity contribution in [2.24, 2.45) is 0 Å². The van der Waals surface area contributed by atoms with Crippen molar-refractivity contribution in [3.63, 3.8) is 0 Å². The lowest BCUT2D eigenvalue weighted by atomic mass is 10.2. The Balaban J connectivity index is 2.58. The number of hydrogen-bond donors (Lipinski definition) is 4. The Labute approximate surface area is 111 Å². The number of aliphatic hydroxyl groups is 2. The standard InChI is InChI=1S/C11H20N2O6/c1-7-4-13(5-8(6-15)19-7)11(18)12-9(2-3-14)10(16)17/h7-9,14-15H,2-6H2,1H3,(H,12,18)(H,16,17). The van der Waals surface area contributed by atoms with Crippen LogP contribution in [-0.4, -0.2) is 76.8 Å². The fraction of sp³-hybridized carbons (Fsp3) is 0.818. The third-order valence-corrected chi connectivity index (χ3v) is 2.83. The number of carboxylic acid groups (broad SMARTS) is 1. The predicted molar refractivity (Wildman–Crippen MR) is 64.7 cm³/mol. The molecule has 3 unspecified atom stereocenters. The lowest BCUT2D eigenvalue weighted by molar-refractivity contribution is -0.139. The van der Waals surface area contributed by atoms with E-state index in [4.69, 9.17) is 20.1 Å². The molecule has 8 nitrogen and oxygen atoms in total. The molecule has 1 heterocycles. The highest BCUT2D eigenvalue weighted by Gasteiger charge is 2.30. The van der Waals surface area contributed by atoms with E-state index in [0.29, 0.717) is 6.54 Å². The maximum Gasteiger partial charge on any atom is 0.326 e. The largest absolute Gasteiger partial charge is 0.480 e. The van der Waals surface area contributed by atoms with E-state index >= 15 is 0 Å². The first-order chi connectivity index (χ1) is 8.97. The van der Waals surface area contributed by atoms with Gasteiger partial charge in [0.05, 0.1) is 25.4 Å². The molecule has 0 saturated carbocycles. The molecule has 0 aromatic carbocycles. The molecule has 3 atom stereocenters. The minimum Gasteiger partial charge on any atom is -0.480 e. The maximum absolute atomic E-state index is 11.9. The van der Waals surface area contributed by atoms with Crippen molar-refractivity contribution in [1.82, 2.24) is 10.2 Å². The molecule has 1 aliphatic heterocycles. The topological polar surface area (TPSA) is 119 Å². The Morgan fingerprint density at radius 1 is 1.42 bits per heavy atom. The number of nitrogens with one attached hydrogen (secondary N) is 1. The summed E-state index contributed by atoms with van der Waals surface area (Å²) < 4.78 is 5.39. The average Bonchev–Trinajstić information content (AvgIpc) is 2.37. The van der Waals surface area contributed by atoms with Crippen LogP contribution in [0.25, 0.3) is 0 Å². The zero-order valence-corrected chi connectivity index (χ0v) is 10.8. The van der Waals surface area contributed by atoms with Gasteiger partial charge in [-0.15, -0.1) is 0 Å². The van der Waals surface area contributed by atoms with E-state index < -0.39 is 24.1 Å². The smallest absolute Gasteiger partial charge is 0.326 e. The molecule has 0 aliphatic carbocycles. The van der Waals surface area contributed by atoms with E-state index in [9.17, 15) is 9.59 Å². The second kappa shape index (κ2) is 7.27. The minimum atomic E-state index is -1.19. The number of nitrogens with zero attached hydrogens (tertiary/aromatic N) is 1. The van der Waals surface area contributed by atoms with Gasteiger partial charge in [0.25, 0.3) is 0 Å². The van der Waals surface area contributed by atoms with Gasteiger partial charge in [0.1, 0.15) is 6.04 Å². The van der Waals surface area contributed by atoms with Gasteiger partial charge in [0.2, 0.25) is 0 Å². The summed E-state index contributed by atoms with van der Waals surface area (Å²) in [4.78, 5) is 24.2. The summed E-state index contributed by atoms with van der Waals surface area (Å²) in [5.41, 5.74) is 0. The number of ether oxygens (including phenoxy) is 1. The van der Waals surface area contributed by atoms with Gasteiger partial charge in [-0.2, -0.15) is 0 Å². The number of carbonyl (C=O) groups excluding carboxylic acids is 1. The summed E-state index contributed by atoms with van der Waals surface area (Å²) >= 11 is 0. The Morgan fingerprint density at radius 3 is 2.63 bits per heavy atom. The van der Waals surface area contributed by atoms with Crippen molar-refractivity contribution < 1.29 is 29.6 Å². The third kappa shape index (κ3) is 4.66. The molecule has 2 amide bonds. The van der Waals surface area contributed by atoms with Crippen LogP contribution in [0, 0.1) is 0 Å². The van der Waals surface area contributed by atoms with E-state index in [1.54, 1.807) is 6.92 Å². The number of rotatable bonds is 5. The van der Waals surface area contributed by atoms with Gasteiger partial charge in [-0.1, -0.05) is 0 Å². The molecule has 1 rings (SSSR count). The number of amides is 2. The molecule has 1 aliphatic rings. The average molecular weight is 276 g/mol. The summed E-state index contributed by atoms with van der Waals surface area (Å²) in [7, 11) is 0. The summed E-state index contributed by atoms with van der Waals surface area (Å²) in [6.45, 7) is 1.78. The van der Waals surface area contributed by atoms with Crippen molar-refractivity contribution in [3.05, 3.63) is 0 Å². The number of morpholine rings is 1. The fourth-order valence-corrected chi connectivity index (χ4v) is 1.94. The molecule has 8 heteroatoms. The second-order valence-electron chi connectivity index (χ2n) is 4.51. The van der Waals surface area contributed by atoms with Crippen molar-refractivity contribution in [3.8, 4) is 0 Å². The molecule has 0 spiro atoms. The van der Waals surface area contributed by atoms with Crippen molar-refractivity contribution in [2.45, 2.75) is 31.6 Å². The summed E-state index contributed by atoms with van der Waals surface area (Å²) in [5, 5.41) is 29.0. The summed E-state index contributed by atoms with van der Waals surface area (Å²) in [6, 6.07) is -1.65. The van der Waals surface area contributed by atoms with Crippen LogP contribution >= 0.6 is 0 Å². The van der Waals surface area contributed by atoms with Crippen LogP contribution in [0.15, 0.2) is 0 Å². The van der Waals surface area contributed by atoms with Crippen LogP contribution in [0.2, 0.25) is 0 Å². The van der Waals surface area contributed by atoms with Crippen LogP contribution in [0.4, 0.5) is 4.79 Å². The SMILES string of the molecule is CC1CN(C(=O)NC(CCO)C(=O)O)CC(CO)O1. The van der Waals surface area contributed by atoms with Crippen molar-refractivity contribution in [2.75, 3.05) is 26.3 Å². The number of hydrogen-bond acceptors (Lipinski definition) is 5. The molecule has 0 bridgehead atoms. The van der Waals surface area contributed by atoms with Crippen molar-refractivity contribution in [1.29, 1.82) is 0 Å². The van der Waals surface area contributed by atoms with E-state index in [0.717, 1.165) is 0 Å². The molecule has 0 radical (unpaired) electrons. The van der Waals surface area contributed by atoms with Gasteiger partial charge in [-0.3, -0.25) is 0 Å². The molecule has 1 saturated heterocycles. The highest BCUT2D eigenvalue weighted by Crippen LogP contribution is 2.11. The van der Waals surface area contributed by atoms with Gasteiger partial charge >= 0.3 is 12.0 Å². The Hall–Kier alpha value is -1.38. The molecule has 0 aromatic heterocycles. The second-order valence-corrected chi connectivity index (χ2v) is 4.51. The van der Waals surface area contributed by atoms with Gasteiger partial charge in [-0.05, 0) is 6.92 Å². The number of aliphatic carboxylic acids is 1. The lowest BCUT2D eigenvalue weighted by Gasteiger charge is -2.36. The van der Waals surface area contributed by atoms with Gasteiger partial charge in [0.15, 0.2) is 0 Å². The Bertz CT molecular complexity index is 324. The van der Waals surface area contributed by atoms with Gasteiger partial charge in [-0.25, -0.2) is 9.59 Å². The number of aliphatic hydroxyl groups excluding tert-OH is 2. The van der Waals surface area contributed by atoms with Crippen LogP contribution in [0.3, 0.4) is 0 Å². The molecular weight excluding hydrogens is 256 g/mol. The molecule has 0 aromatic rings. The fourth-order valence-electron chi connectivity index (χ4n) is 1.94. The highest BCUT2D eigenvalue weighted by atomic mass is 16.5. The normalized spacial score (nSPS) is 24.9. The summed E-state index contributed by atoms with van der Waals surface area (Å²) in [6.07, 6.45) is -0.738. The first-order valence-electron chi connectivity index (χ1n) is 6.13. The van der Waals surface area contributed by atoms with E-state index in [1.807, 2.05) is 0 Å². The molecule has 19 heavy (non-hydrogen) atoms. The molecule has 1 fully saturated rings.